The van der Waals surface area contributed by atoms with Crippen molar-refractivity contribution in [3.63, 3.8) is 0 Å². The molecule has 18 heavy (non-hydrogen) atoms. The molecular formula is C13H14O5. The van der Waals surface area contributed by atoms with Gasteiger partial charge in [0.05, 0.1) is 13.7 Å². The SMILES string of the molecule is COc1cc2ccc(=O)oc2cc1OCCCO. The second-order valence-corrected chi connectivity index (χ2v) is 3.72. The number of hydrogen-bond donors (Lipinski definition) is 1. The van der Waals surface area contributed by atoms with Crippen LogP contribution >= 0.6 is 0 Å². The first-order valence-electron chi connectivity index (χ1n) is 5.60. The average Bonchev–Trinajstić information content (AvgIpc) is 2.38. The zero-order valence-corrected chi connectivity index (χ0v) is 10.0. The quantitative estimate of drug-likeness (QED) is 0.644. The number of methoxy groups -OCH3 is 1. The number of benzene rings is 1. The van der Waals surface area contributed by atoms with Crippen molar-refractivity contribution < 1.29 is 19.0 Å². The van der Waals surface area contributed by atoms with Crippen molar-refractivity contribution in [2.75, 3.05) is 20.3 Å². The molecule has 0 aliphatic rings. The van der Waals surface area contributed by atoms with E-state index in [1.165, 1.54) is 6.07 Å². The molecule has 2 aromatic rings. The van der Waals surface area contributed by atoms with Gasteiger partial charge in [0, 0.05) is 30.5 Å². The Morgan fingerprint density at radius 3 is 2.83 bits per heavy atom. The van der Waals surface area contributed by atoms with E-state index >= 15 is 0 Å². The molecule has 0 saturated heterocycles. The first kappa shape index (κ1) is 12.4. The molecule has 0 bridgehead atoms. The molecule has 0 fully saturated rings. The predicted molar refractivity (Wildman–Crippen MR) is 66.2 cm³/mol. The molecule has 1 N–H and O–H groups in total. The van der Waals surface area contributed by atoms with Crippen molar-refractivity contribution in [3.8, 4) is 11.5 Å². The molecule has 0 unspecified atom stereocenters. The molecule has 1 aromatic carbocycles. The second kappa shape index (κ2) is 5.55. The predicted octanol–water partition coefficient (Wildman–Crippen LogP) is 1.56. The van der Waals surface area contributed by atoms with Crippen LogP contribution in [-0.4, -0.2) is 25.4 Å². The molecule has 0 aliphatic heterocycles. The van der Waals surface area contributed by atoms with E-state index in [9.17, 15) is 4.79 Å². The van der Waals surface area contributed by atoms with Crippen molar-refractivity contribution in [1.29, 1.82) is 0 Å². The van der Waals surface area contributed by atoms with Gasteiger partial charge < -0.3 is 19.0 Å². The van der Waals surface area contributed by atoms with Gasteiger partial charge in [-0.05, 0) is 12.1 Å². The second-order valence-electron chi connectivity index (χ2n) is 3.72. The normalized spacial score (nSPS) is 10.6. The van der Waals surface area contributed by atoms with E-state index < -0.39 is 5.63 Å². The Hall–Kier alpha value is -2.01. The Balaban J connectivity index is 2.40. The fourth-order valence-corrected chi connectivity index (χ4v) is 1.59. The Kier molecular flexibility index (Phi) is 3.84. The summed E-state index contributed by atoms with van der Waals surface area (Å²) >= 11 is 0. The topological polar surface area (TPSA) is 68.9 Å². The fourth-order valence-electron chi connectivity index (χ4n) is 1.59. The van der Waals surface area contributed by atoms with Crippen LogP contribution in [0.25, 0.3) is 11.0 Å². The van der Waals surface area contributed by atoms with Gasteiger partial charge in [-0.1, -0.05) is 0 Å². The number of aliphatic hydroxyl groups is 1. The first-order chi connectivity index (χ1) is 8.74. The van der Waals surface area contributed by atoms with Gasteiger partial charge in [0.15, 0.2) is 11.5 Å². The molecule has 96 valence electrons. The summed E-state index contributed by atoms with van der Waals surface area (Å²) in [4.78, 5) is 11.1. The van der Waals surface area contributed by atoms with Crippen molar-refractivity contribution in [3.05, 3.63) is 34.7 Å². The van der Waals surface area contributed by atoms with Crippen LogP contribution in [0.3, 0.4) is 0 Å². The Bertz CT molecular complexity index is 587. The van der Waals surface area contributed by atoms with Crippen molar-refractivity contribution in [2.45, 2.75) is 6.42 Å². The van der Waals surface area contributed by atoms with E-state index in [1.54, 1.807) is 25.3 Å². The number of fused-ring (bicyclic) bond motifs is 1. The smallest absolute Gasteiger partial charge is 0.336 e. The van der Waals surface area contributed by atoms with Gasteiger partial charge in [-0.25, -0.2) is 4.79 Å². The maximum Gasteiger partial charge on any atom is 0.336 e. The Morgan fingerprint density at radius 2 is 2.11 bits per heavy atom. The summed E-state index contributed by atoms with van der Waals surface area (Å²) in [7, 11) is 1.54. The summed E-state index contributed by atoms with van der Waals surface area (Å²) in [6, 6.07) is 6.38. The lowest BCUT2D eigenvalue weighted by atomic mass is 10.2. The van der Waals surface area contributed by atoms with Gasteiger partial charge in [0.2, 0.25) is 0 Å². The zero-order valence-electron chi connectivity index (χ0n) is 10.0. The van der Waals surface area contributed by atoms with Crippen LogP contribution in [0.5, 0.6) is 11.5 Å². The molecule has 0 spiro atoms. The summed E-state index contributed by atoms with van der Waals surface area (Å²) in [5.41, 5.74) is 0.0382. The molecular weight excluding hydrogens is 236 g/mol. The maximum atomic E-state index is 11.1. The lowest BCUT2D eigenvalue weighted by molar-refractivity contribution is 0.228. The van der Waals surface area contributed by atoms with Crippen LogP contribution in [0, 0.1) is 0 Å². The minimum Gasteiger partial charge on any atom is -0.493 e. The first-order valence-corrected chi connectivity index (χ1v) is 5.60. The highest BCUT2D eigenvalue weighted by atomic mass is 16.5. The summed E-state index contributed by atoms with van der Waals surface area (Å²) in [6.07, 6.45) is 0.528. The van der Waals surface area contributed by atoms with Crippen LogP contribution in [-0.2, 0) is 0 Å². The maximum absolute atomic E-state index is 11.1. The molecule has 0 amide bonds. The van der Waals surface area contributed by atoms with Gasteiger partial charge in [0.1, 0.15) is 5.58 Å². The summed E-state index contributed by atoms with van der Waals surface area (Å²) in [5, 5.41) is 9.47. The number of rotatable bonds is 5. The third kappa shape index (κ3) is 2.62. The lowest BCUT2D eigenvalue weighted by Gasteiger charge is -2.10. The summed E-state index contributed by atoms with van der Waals surface area (Å²) in [6.45, 7) is 0.431. The largest absolute Gasteiger partial charge is 0.493 e. The third-order valence-corrected chi connectivity index (χ3v) is 2.47. The van der Waals surface area contributed by atoms with E-state index in [-0.39, 0.29) is 6.61 Å². The van der Waals surface area contributed by atoms with E-state index in [1.807, 2.05) is 0 Å². The lowest BCUT2D eigenvalue weighted by Crippen LogP contribution is -2.02. The average molecular weight is 250 g/mol. The molecule has 0 atom stereocenters. The van der Waals surface area contributed by atoms with Gasteiger partial charge >= 0.3 is 5.63 Å². The van der Waals surface area contributed by atoms with Crippen LogP contribution in [0.15, 0.2) is 33.5 Å². The molecule has 2 rings (SSSR count). The molecule has 5 nitrogen and oxygen atoms in total. The van der Waals surface area contributed by atoms with Gasteiger partial charge in [-0.3, -0.25) is 0 Å². The monoisotopic (exact) mass is 250 g/mol. The Labute approximate surface area is 104 Å². The number of hydrogen-bond acceptors (Lipinski definition) is 5. The fraction of sp³-hybridized carbons (Fsp3) is 0.308. The van der Waals surface area contributed by atoms with Crippen molar-refractivity contribution >= 4 is 11.0 Å². The number of ether oxygens (including phenoxy) is 2. The molecule has 0 aliphatic carbocycles. The van der Waals surface area contributed by atoms with E-state index in [0.29, 0.717) is 30.1 Å². The zero-order chi connectivity index (χ0) is 13.0. The minimum atomic E-state index is -0.408. The Morgan fingerprint density at radius 1 is 1.28 bits per heavy atom. The number of aliphatic hydroxyl groups excluding tert-OH is 1. The van der Waals surface area contributed by atoms with E-state index in [0.717, 1.165) is 5.39 Å². The van der Waals surface area contributed by atoms with Crippen LogP contribution in [0.2, 0.25) is 0 Å². The molecule has 1 aromatic heterocycles. The minimum absolute atomic E-state index is 0.0605. The van der Waals surface area contributed by atoms with Crippen molar-refractivity contribution in [2.24, 2.45) is 0 Å². The molecule has 1 heterocycles. The van der Waals surface area contributed by atoms with Gasteiger partial charge in [0.25, 0.3) is 0 Å². The highest BCUT2D eigenvalue weighted by Gasteiger charge is 2.08. The van der Waals surface area contributed by atoms with Gasteiger partial charge in [-0.2, -0.15) is 0 Å². The third-order valence-electron chi connectivity index (χ3n) is 2.47. The van der Waals surface area contributed by atoms with E-state index in [2.05, 4.69) is 0 Å². The summed E-state index contributed by atoms with van der Waals surface area (Å²) in [5.74, 6) is 1.06. The standard InChI is InChI=1S/C13H14O5/c1-16-11-7-9-3-4-13(15)18-10(9)8-12(11)17-6-2-5-14/h3-4,7-8,14H,2,5-6H2,1H3. The molecule has 0 saturated carbocycles. The highest BCUT2D eigenvalue weighted by molar-refractivity contribution is 5.80. The van der Waals surface area contributed by atoms with Crippen LogP contribution in [0.1, 0.15) is 6.42 Å². The van der Waals surface area contributed by atoms with Crippen LogP contribution in [0.4, 0.5) is 0 Å². The van der Waals surface area contributed by atoms with Crippen LogP contribution < -0.4 is 15.1 Å². The van der Waals surface area contributed by atoms with E-state index in [4.69, 9.17) is 19.0 Å². The molecule has 5 heteroatoms. The summed E-state index contributed by atoms with van der Waals surface area (Å²) < 4.78 is 15.7. The molecule has 0 radical (unpaired) electrons. The van der Waals surface area contributed by atoms with Crippen molar-refractivity contribution in [1.82, 2.24) is 0 Å². The van der Waals surface area contributed by atoms with Gasteiger partial charge in [-0.15, -0.1) is 0 Å². The highest BCUT2D eigenvalue weighted by Crippen LogP contribution is 2.31.